The van der Waals surface area contributed by atoms with Gasteiger partial charge in [0, 0.05) is 31.7 Å². The number of aliphatic hydroxyl groups is 1. The van der Waals surface area contributed by atoms with Crippen LogP contribution in [0.4, 0.5) is 0 Å². The van der Waals surface area contributed by atoms with Crippen molar-refractivity contribution in [2.75, 3.05) is 39.8 Å². The lowest BCUT2D eigenvalue weighted by molar-refractivity contribution is -0.161. The quantitative estimate of drug-likeness (QED) is 0.795. The van der Waals surface area contributed by atoms with Gasteiger partial charge in [0.25, 0.3) is 5.91 Å². The van der Waals surface area contributed by atoms with Crippen molar-refractivity contribution in [2.24, 2.45) is 11.8 Å². The first kappa shape index (κ1) is 20.3. The van der Waals surface area contributed by atoms with Crippen LogP contribution in [0, 0.1) is 11.8 Å². The highest BCUT2D eigenvalue weighted by Gasteiger charge is 2.48. The van der Waals surface area contributed by atoms with Crippen molar-refractivity contribution in [2.45, 2.75) is 56.2 Å². The van der Waals surface area contributed by atoms with Crippen LogP contribution < -0.4 is 10.1 Å². The smallest absolute Gasteiger partial charge is 0.254 e. The lowest BCUT2D eigenvalue weighted by Crippen LogP contribution is -2.63. The number of amides is 1. The molecule has 4 heterocycles. The van der Waals surface area contributed by atoms with Crippen molar-refractivity contribution in [1.82, 2.24) is 15.1 Å². The molecule has 4 aliphatic heterocycles. The predicted molar refractivity (Wildman–Crippen MR) is 115 cm³/mol. The number of fused-ring (bicyclic) bond motifs is 4. The number of rotatable bonds is 3. The number of carbonyl (C=O) groups is 1. The summed E-state index contributed by atoms with van der Waals surface area (Å²) in [6.07, 6.45) is 5.96. The SMILES string of the molecule is COc1ccc([C@H]2CCC[C@H]3[C@@H]4C[C@@H](CN(C(=O)C5(O)CCNCC5)C4)CN23)cc1. The Bertz CT molecular complexity index is 761. The fourth-order valence-corrected chi connectivity index (χ4v) is 6.51. The molecule has 0 aromatic heterocycles. The lowest BCUT2D eigenvalue weighted by Gasteiger charge is -2.55. The molecule has 2 N–H and O–H groups in total. The zero-order chi connectivity index (χ0) is 20.7. The number of hydrogen-bond donors (Lipinski definition) is 2. The highest BCUT2D eigenvalue weighted by molar-refractivity contribution is 5.85. The molecule has 0 unspecified atom stereocenters. The fourth-order valence-electron chi connectivity index (χ4n) is 6.51. The third kappa shape index (κ3) is 3.63. The Kier molecular flexibility index (Phi) is 5.50. The van der Waals surface area contributed by atoms with Gasteiger partial charge in [-0.1, -0.05) is 12.1 Å². The summed E-state index contributed by atoms with van der Waals surface area (Å²) in [4.78, 5) is 18.0. The number of carbonyl (C=O) groups excluding carboxylic acids is 1. The zero-order valence-electron chi connectivity index (χ0n) is 18.1. The molecule has 6 nitrogen and oxygen atoms in total. The summed E-state index contributed by atoms with van der Waals surface area (Å²) in [7, 11) is 1.71. The summed E-state index contributed by atoms with van der Waals surface area (Å²) in [5, 5.41) is 14.2. The highest BCUT2D eigenvalue weighted by Crippen LogP contribution is 2.45. The highest BCUT2D eigenvalue weighted by atomic mass is 16.5. The van der Waals surface area contributed by atoms with E-state index in [9.17, 15) is 9.90 Å². The third-order valence-electron chi connectivity index (χ3n) is 8.00. The molecule has 4 saturated heterocycles. The van der Waals surface area contributed by atoms with Gasteiger partial charge in [-0.05, 0) is 81.1 Å². The van der Waals surface area contributed by atoms with Gasteiger partial charge in [-0.2, -0.15) is 0 Å². The summed E-state index contributed by atoms with van der Waals surface area (Å²) in [6.45, 7) is 4.11. The van der Waals surface area contributed by atoms with Crippen molar-refractivity contribution >= 4 is 5.91 Å². The van der Waals surface area contributed by atoms with Gasteiger partial charge in [0.05, 0.1) is 7.11 Å². The van der Waals surface area contributed by atoms with Gasteiger partial charge in [0.15, 0.2) is 0 Å². The van der Waals surface area contributed by atoms with Crippen molar-refractivity contribution in [3.63, 3.8) is 0 Å². The molecule has 2 bridgehead atoms. The molecule has 0 saturated carbocycles. The number of nitrogens with zero attached hydrogens (tertiary/aromatic N) is 2. The molecule has 4 atom stereocenters. The summed E-state index contributed by atoms with van der Waals surface area (Å²) < 4.78 is 5.34. The first-order valence-corrected chi connectivity index (χ1v) is 11.7. The first-order valence-electron chi connectivity index (χ1n) is 11.7. The second-order valence-electron chi connectivity index (χ2n) is 9.84. The molecule has 0 radical (unpaired) electrons. The molecule has 0 aliphatic carbocycles. The van der Waals surface area contributed by atoms with Gasteiger partial charge in [0.2, 0.25) is 0 Å². The number of nitrogens with one attached hydrogen (secondary N) is 1. The van der Waals surface area contributed by atoms with Gasteiger partial charge in [-0.3, -0.25) is 9.69 Å². The summed E-state index contributed by atoms with van der Waals surface area (Å²) in [5.74, 6) is 1.92. The molecule has 4 fully saturated rings. The summed E-state index contributed by atoms with van der Waals surface area (Å²) >= 11 is 0. The standard InChI is InChI=1S/C24H35N3O3/c1-30-20-7-5-18(6-8-20)21-3-2-4-22-19-13-17(15-27(21)22)14-26(16-19)23(28)24(29)9-11-25-12-10-24/h5-8,17,19,21-22,25,29H,2-4,9-16H2,1H3/t17-,19+,21+,22-/m0/s1. The molecule has 30 heavy (non-hydrogen) atoms. The Morgan fingerprint density at radius 1 is 1.13 bits per heavy atom. The van der Waals surface area contributed by atoms with Crippen LogP contribution in [0.5, 0.6) is 5.75 Å². The van der Waals surface area contributed by atoms with Crippen LogP contribution in [0.1, 0.15) is 50.1 Å². The Morgan fingerprint density at radius 2 is 1.90 bits per heavy atom. The minimum atomic E-state index is -1.16. The van der Waals surface area contributed by atoms with Gasteiger partial charge >= 0.3 is 0 Å². The van der Waals surface area contributed by atoms with E-state index in [2.05, 4.69) is 34.5 Å². The number of benzene rings is 1. The van der Waals surface area contributed by atoms with Crippen LogP contribution in [0.3, 0.4) is 0 Å². The Hall–Kier alpha value is -1.63. The average Bonchev–Trinajstić information content (AvgIpc) is 2.78. The molecule has 0 spiro atoms. The van der Waals surface area contributed by atoms with E-state index in [0.717, 1.165) is 38.5 Å². The second kappa shape index (κ2) is 8.13. The van der Waals surface area contributed by atoms with Crippen molar-refractivity contribution in [1.29, 1.82) is 0 Å². The second-order valence-corrected chi connectivity index (χ2v) is 9.84. The van der Waals surface area contributed by atoms with Crippen LogP contribution in [0.15, 0.2) is 24.3 Å². The number of ether oxygens (including phenoxy) is 1. The topological polar surface area (TPSA) is 65.0 Å². The number of hydrogen-bond acceptors (Lipinski definition) is 5. The number of piperidine rings is 4. The molecular weight excluding hydrogens is 378 g/mol. The maximum atomic E-state index is 13.2. The van der Waals surface area contributed by atoms with E-state index in [1.54, 1.807) is 7.11 Å². The van der Waals surface area contributed by atoms with E-state index in [1.165, 1.54) is 31.2 Å². The van der Waals surface area contributed by atoms with E-state index in [0.29, 0.717) is 36.8 Å². The molecule has 164 valence electrons. The van der Waals surface area contributed by atoms with Crippen LogP contribution in [0.2, 0.25) is 0 Å². The maximum absolute atomic E-state index is 13.2. The molecule has 6 heteroatoms. The fraction of sp³-hybridized carbons (Fsp3) is 0.708. The van der Waals surface area contributed by atoms with Gasteiger partial charge in [0.1, 0.15) is 11.4 Å². The third-order valence-corrected chi connectivity index (χ3v) is 8.00. The predicted octanol–water partition coefficient (Wildman–Crippen LogP) is 2.18. The Morgan fingerprint density at radius 3 is 2.63 bits per heavy atom. The minimum absolute atomic E-state index is 0.0188. The molecule has 5 rings (SSSR count). The molecule has 4 aliphatic rings. The van der Waals surface area contributed by atoms with Gasteiger partial charge in [-0.15, -0.1) is 0 Å². The molecule has 1 aromatic carbocycles. The van der Waals surface area contributed by atoms with Crippen LogP contribution in [-0.2, 0) is 4.79 Å². The lowest BCUT2D eigenvalue weighted by atomic mass is 9.73. The van der Waals surface area contributed by atoms with Crippen molar-refractivity contribution in [3.05, 3.63) is 29.8 Å². The van der Waals surface area contributed by atoms with Gasteiger partial charge in [-0.25, -0.2) is 0 Å². The normalized spacial score (nSPS) is 33.6. The van der Waals surface area contributed by atoms with Crippen molar-refractivity contribution in [3.8, 4) is 5.75 Å². The number of likely N-dealkylation sites (tertiary alicyclic amines) is 1. The van der Waals surface area contributed by atoms with Crippen LogP contribution in [-0.4, -0.2) is 72.3 Å². The Labute approximate surface area is 179 Å². The minimum Gasteiger partial charge on any atom is -0.497 e. The first-order chi connectivity index (χ1) is 14.6. The maximum Gasteiger partial charge on any atom is 0.254 e. The largest absolute Gasteiger partial charge is 0.497 e. The van der Waals surface area contributed by atoms with E-state index in [1.807, 2.05) is 4.90 Å². The summed E-state index contributed by atoms with van der Waals surface area (Å²) in [5.41, 5.74) is 0.229. The average molecular weight is 414 g/mol. The zero-order valence-corrected chi connectivity index (χ0v) is 18.1. The van der Waals surface area contributed by atoms with E-state index in [4.69, 9.17) is 4.74 Å². The van der Waals surface area contributed by atoms with Crippen molar-refractivity contribution < 1.29 is 14.6 Å². The summed E-state index contributed by atoms with van der Waals surface area (Å²) in [6, 6.07) is 9.60. The van der Waals surface area contributed by atoms with Crippen LogP contribution >= 0.6 is 0 Å². The molecular formula is C24H35N3O3. The molecule has 1 amide bonds. The van der Waals surface area contributed by atoms with Crippen LogP contribution in [0.25, 0.3) is 0 Å². The van der Waals surface area contributed by atoms with Gasteiger partial charge < -0.3 is 20.1 Å². The van der Waals surface area contributed by atoms with E-state index in [-0.39, 0.29) is 5.91 Å². The van der Waals surface area contributed by atoms with E-state index >= 15 is 0 Å². The molecule has 1 aromatic rings. The monoisotopic (exact) mass is 413 g/mol. The van der Waals surface area contributed by atoms with E-state index < -0.39 is 5.60 Å². The number of methoxy groups -OCH3 is 1. The Balaban J connectivity index is 1.32.